The lowest BCUT2D eigenvalue weighted by atomic mass is 10.3. The third kappa shape index (κ3) is 2.80. The molecule has 0 aromatic carbocycles. The van der Waals surface area contributed by atoms with Crippen LogP contribution in [0.3, 0.4) is 0 Å². The largest absolute Gasteiger partial charge is 0.385 e. The Balaban J connectivity index is 2.84. The van der Waals surface area contributed by atoms with E-state index in [4.69, 9.17) is 5.73 Å². The molecule has 0 unspecified atom stereocenters. The number of pyridine rings is 1. The Kier molecular flexibility index (Phi) is 3.56. The molecule has 3 N–H and O–H groups in total. The molecule has 1 aromatic heterocycles. The lowest BCUT2D eigenvalue weighted by Crippen LogP contribution is -2.12. The molecular weight excluding hydrogens is 176 g/mol. The van der Waals surface area contributed by atoms with Crippen LogP contribution in [-0.4, -0.2) is 25.6 Å². The average molecular weight is 194 g/mol. The van der Waals surface area contributed by atoms with Crippen molar-refractivity contribution >= 4 is 17.3 Å². The zero-order valence-corrected chi connectivity index (χ0v) is 9.04. The van der Waals surface area contributed by atoms with Crippen LogP contribution in [-0.2, 0) is 0 Å². The smallest absolute Gasteiger partial charge is 0.132 e. The van der Waals surface area contributed by atoms with Gasteiger partial charge < -0.3 is 16.0 Å². The van der Waals surface area contributed by atoms with Crippen LogP contribution in [0.25, 0.3) is 0 Å². The molecule has 14 heavy (non-hydrogen) atoms. The van der Waals surface area contributed by atoms with Crippen LogP contribution >= 0.6 is 0 Å². The highest BCUT2D eigenvalue weighted by molar-refractivity contribution is 5.59. The van der Waals surface area contributed by atoms with Crippen molar-refractivity contribution in [2.24, 2.45) is 0 Å². The van der Waals surface area contributed by atoms with E-state index >= 15 is 0 Å². The molecule has 0 amide bonds. The topological polar surface area (TPSA) is 54.2 Å². The Morgan fingerprint density at radius 3 is 2.71 bits per heavy atom. The summed E-state index contributed by atoms with van der Waals surface area (Å²) in [6, 6.07) is 3.84. The van der Waals surface area contributed by atoms with Gasteiger partial charge in [-0.2, -0.15) is 0 Å². The normalized spacial score (nSPS) is 9.93. The molecule has 0 spiro atoms. The van der Waals surface area contributed by atoms with E-state index in [1.807, 2.05) is 31.1 Å². The van der Waals surface area contributed by atoms with Crippen molar-refractivity contribution < 1.29 is 0 Å². The molecule has 0 aliphatic rings. The van der Waals surface area contributed by atoms with Crippen LogP contribution in [0.1, 0.15) is 13.3 Å². The third-order valence-electron chi connectivity index (χ3n) is 1.87. The summed E-state index contributed by atoms with van der Waals surface area (Å²) < 4.78 is 0. The molecule has 1 aromatic rings. The summed E-state index contributed by atoms with van der Waals surface area (Å²) in [4.78, 5) is 6.14. The number of rotatable bonds is 4. The minimum Gasteiger partial charge on any atom is -0.385 e. The van der Waals surface area contributed by atoms with Gasteiger partial charge in [-0.15, -0.1) is 0 Å². The van der Waals surface area contributed by atoms with E-state index in [1.54, 1.807) is 0 Å². The summed E-state index contributed by atoms with van der Waals surface area (Å²) in [6.07, 6.45) is 1.10. The predicted molar refractivity (Wildman–Crippen MR) is 61.8 cm³/mol. The van der Waals surface area contributed by atoms with E-state index in [2.05, 4.69) is 17.2 Å². The average Bonchev–Trinajstić information content (AvgIpc) is 2.14. The van der Waals surface area contributed by atoms with E-state index < -0.39 is 0 Å². The number of nitrogens with two attached hydrogens (primary N) is 1. The van der Waals surface area contributed by atoms with E-state index in [0.717, 1.165) is 24.5 Å². The van der Waals surface area contributed by atoms with Gasteiger partial charge in [0.05, 0.1) is 0 Å². The number of aromatic nitrogens is 1. The van der Waals surface area contributed by atoms with Gasteiger partial charge in [-0.25, -0.2) is 4.98 Å². The van der Waals surface area contributed by atoms with Gasteiger partial charge in [0, 0.05) is 38.5 Å². The fourth-order valence-electron chi connectivity index (χ4n) is 1.14. The number of nitrogen functional groups attached to an aromatic ring is 1. The van der Waals surface area contributed by atoms with E-state index in [9.17, 15) is 0 Å². The minimum absolute atomic E-state index is 0.551. The zero-order chi connectivity index (χ0) is 10.6. The molecule has 0 atom stereocenters. The Bertz CT molecular complexity index is 296. The lowest BCUT2D eigenvalue weighted by molar-refractivity contribution is 0.977. The molecule has 0 saturated heterocycles. The van der Waals surface area contributed by atoms with Gasteiger partial charge in [-0.1, -0.05) is 6.92 Å². The first kappa shape index (κ1) is 10.6. The summed E-state index contributed by atoms with van der Waals surface area (Å²) in [7, 11) is 3.90. The summed E-state index contributed by atoms with van der Waals surface area (Å²) >= 11 is 0. The monoisotopic (exact) mass is 194 g/mol. The molecule has 0 saturated carbocycles. The maximum Gasteiger partial charge on any atom is 0.132 e. The molecule has 1 heterocycles. The van der Waals surface area contributed by atoms with E-state index in [0.29, 0.717) is 5.82 Å². The second kappa shape index (κ2) is 4.69. The highest BCUT2D eigenvalue weighted by Gasteiger charge is 2.01. The van der Waals surface area contributed by atoms with Gasteiger partial charge in [0.1, 0.15) is 11.6 Å². The highest BCUT2D eigenvalue weighted by Crippen LogP contribution is 2.18. The molecule has 1 rings (SSSR count). The first-order valence-corrected chi connectivity index (χ1v) is 4.82. The highest BCUT2D eigenvalue weighted by atomic mass is 15.1. The standard InChI is InChI=1S/C10H18N4/c1-4-5-12-8-6-9(11)13-10(7-8)14(2)3/h6-7H,4-5H2,1-3H3,(H3,11,12,13). The maximum atomic E-state index is 5.69. The second-order valence-corrected chi connectivity index (χ2v) is 3.46. The minimum atomic E-state index is 0.551. The van der Waals surface area contributed by atoms with Gasteiger partial charge in [0.25, 0.3) is 0 Å². The first-order chi connectivity index (χ1) is 6.63. The quantitative estimate of drug-likeness (QED) is 0.763. The molecule has 4 heteroatoms. The fourth-order valence-corrected chi connectivity index (χ4v) is 1.14. The summed E-state index contributed by atoms with van der Waals surface area (Å²) in [5.41, 5.74) is 6.72. The summed E-state index contributed by atoms with van der Waals surface area (Å²) in [6.45, 7) is 3.08. The van der Waals surface area contributed by atoms with Crippen molar-refractivity contribution in [1.29, 1.82) is 0 Å². The molecule has 0 radical (unpaired) electrons. The summed E-state index contributed by atoms with van der Waals surface area (Å²) in [5, 5.41) is 3.28. The Hall–Kier alpha value is -1.45. The maximum absolute atomic E-state index is 5.69. The molecule has 78 valence electrons. The predicted octanol–water partition coefficient (Wildman–Crippen LogP) is 1.55. The van der Waals surface area contributed by atoms with Crippen LogP contribution in [0.2, 0.25) is 0 Å². The molecule has 4 nitrogen and oxygen atoms in total. The van der Waals surface area contributed by atoms with Crippen molar-refractivity contribution in [1.82, 2.24) is 4.98 Å². The molecule has 0 bridgehead atoms. The first-order valence-electron chi connectivity index (χ1n) is 4.82. The second-order valence-electron chi connectivity index (χ2n) is 3.46. The number of hydrogen-bond donors (Lipinski definition) is 2. The number of anilines is 3. The van der Waals surface area contributed by atoms with E-state index in [-0.39, 0.29) is 0 Å². The zero-order valence-electron chi connectivity index (χ0n) is 9.04. The van der Waals surface area contributed by atoms with Gasteiger partial charge in [0.15, 0.2) is 0 Å². The molecule has 0 aliphatic carbocycles. The number of nitrogens with zero attached hydrogens (tertiary/aromatic N) is 2. The number of nitrogens with one attached hydrogen (secondary N) is 1. The third-order valence-corrected chi connectivity index (χ3v) is 1.87. The van der Waals surface area contributed by atoms with Crippen LogP contribution in [0.15, 0.2) is 12.1 Å². The van der Waals surface area contributed by atoms with Gasteiger partial charge >= 0.3 is 0 Å². The van der Waals surface area contributed by atoms with Gasteiger partial charge in [0.2, 0.25) is 0 Å². The Morgan fingerprint density at radius 2 is 2.14 bits per heavy atom. The van der Waals surface area contributed by atoms with Crippen molar-refractivity contribution in [3.05, 3.63) is 12.1 Å². The van der Waals surface area contributed by atoms with Gasteiger partial charge in [-0.3, -0.25) is 0 Å². The Labute approximate surface area is 85.1 Å². The summed E-state index contributed by atoms with van der Waals surface area (Å²) in [5.74, 6) is 1.43. The molecule has 0 aliphatic heterocycles. The van der Waals surface area contributed by atoms with Crippen molar-refractivity contribution in [3.63, 3.8) is 0 Å². The van der Waals surface area contributed by atoms with Crippen molar-refractivity contribution in [3.8, 4) is 0 Å². The van der Waals surface area contributed by atoms with Crippen molar-refractivity contribution in [2.45, 2.75) is 13.3 Å². The SMILES string of the molecule is CCCNc1cc(N)nc(N(C)C)c1. The van der Waals surface area contributed by atoms with Gasteiger partial charge in [-0.05, 0) is 6.42 Å². The van der Waals surface area contributed by atoms with Crippen LogP contribution in [0, 0.1) is 0 Å². The molecular formula is C10H18N4. The molecule has 0 fully saturated rings. The van der Waals surface area contributed by atoms with Crippen molar-refractivity contribution in [2.75, 3.05) is 36.6 Å². The Morgan fingerprint density at radius 1 is 1.43 bits per heavy atom. The lowest BCUT2D eigenvalue weighted by Gasteiger charge is -2.14. The van der Waals surface area contributed by atoms with Crippen LogP contribution < -0.4 is 16.0 Å². The van der Waals surface area contributed by atoms with E-state index in [1.165, 1.54) is 0 Å². The number of hydrogen-bond acceptors (Lipinski definition) is 4. The van der Waals surface area contributed by atoms with Crippen LogP contribution in [0.4, 0.5) is 17.3 Å². The van der Waals surface area contributed by atoms with Crippen LogP contribution in [0.5, 0.6) is 0 Å². The fraction of sp³-hybridized carbons (Fsp3) is 0.500.